The first-order valence-electron chi connectivity index (χ1n) is 6.05. The summed E-state index contributed by atoms with van der Waals surface area (Å²) in [5.74, 6) is -0.121. The number of hydrogen-bond acceptors (Lipinski definition) is 5. The van der Waals surface area contributed by atoms with Crippen LogP contribution in [0.25, 0.3) is 5.69 Å². The fourth-order valence-electron chi connectivity index (χ4n) is 1.62. The zero-order valence-corrected chi connectivity index (χ0v) is 10.7. The normalized spacial score (nSPS) is 12.1. The molecule has 7 heteroatoms. The molecule has 1 unspecified atom stereocenters. The second kappa shape index (κ2) is 6.05. The van der Waals surface area contributed by atoms with Crippen molar-refractivity contribution in [2.24, 2.45) is 11.7 Å². The van der Waals surface area contributed by atoms with E-state index in [2.05, 4.69) is 20.8 Å². The summed E-state index contributed by atoms with van der Waals surface area (Å²) in [6.07, 6.45) is 2.19. The third-order valence-electron chi connectivity index (χ3n) is 2.80. The number of tetrazole rings is 1. The Morgan fingerprint density at radius 1 is 1.42 bits per heavy atom. The van der Waals surface area contributed by atoms with E-state index in [-0.39, 0.29) is 11.8 Å². The Hall–Kier alpha value is -2.28. The van der Waals surface area contributed by atoms with Crippen LogP contribution in [0.4, 0.5) is 5.69 Å². The average molecular weight is 260 g/mol. The van der Waals surface area contributed by atoms with Crippen molar-refractivity contribution in [1.82, 2.24) is 20.2 Å². The highest BCUT2D eigenvalue weighted by Crippen LogP contribution is 2.13. The Labute approximate surface area is 110 Å². The van der Waals surface area contributed by atoms with E-state index >= 15 is 0 Å². The van der Waals surface area contributed by atoms with Crippen LogP contribution in [0.2, 0.25) is 0 Å². The van der Waals surface area contributed by atoms with Gasteiger partial charge in [-0.2, -0.15) is 0 Å². The van der Waals surface area contributed by atoms with Gasteiger partial charge in [0.05, 0.1) is 5.69 Å². The predicted octanol–water partition coefficient (Wildman–Crippen LogP) is 0.586. The number of hydrogen-bond donors (Lipinski definition) is 2. The number of amides is 1. The maximum atomic E-state index is 11.8. The maximum absolute atomic E-state index is 11.8. The molecule has 7 nitrogen and oxygen atoms in total. The number of carbonyl (C=O) groups is 1. The van der Waals surface area contributed by atoms with Crippen LogP contribution in [0.15, 0.2) is 30.6 Å². The van der Waals surface area contributed by atoms with E-state index in [0.29, 0.717) is 13.0 Å². The second-order valence-electron chi connectivity index (χ2n) is 4.27. The first kappa shape index (κ1) is 13.2. The molecular formula is C12H16N6O. The van der Waals surface area contributed by atoms with Crippen molar-refractivity contribution in [3.63, 3.8) is 0 Å². The zero-order chi connectivity index (χ0) is 13.7. The first-order valence-corrected chi connectivity index (χ1v) is 6.05. The van der Waals surface area contributed by atoms with E-state index in [1.54, 1.807) is 4.68 Å². The van der Waals surface area contributed by atoms with Gasteiger partial charge in [-0.05, 0) is 47.7 Å². The average Bonchev–Trinajstić information content (AvgIpc) is 2.94. The lowest BCUT2D eigenvalue weighted by atomic mass is 10.1. The predicted molar refractivity (Wildman–Crippen MR) is 70.6 cm³/mol. The molecular weight excluding hydrogens is 244 g/mol. The molecule has 0 radical (unpaired) electrons. The van der Waals surface area contributed by atoms with Gasteiger partial charge >= 0.3 is 0 Å². The molecule has 2 rings (SSSR count). The molecule has 1 heterocycles. The van der Waals surface area contributed by atoms with Crippen molar-refractivity contribution in [3.05, 3.63) is 30.6 Å². The fraction of sp³-hybridized carbons (Fsp3) is 0.333. The van der Waals surface area contributed by atoms with Gasteiger partial charge in [0.25, 0.3) is 0 Å². The first-order chi connectivity index (χ1) is 9.20. The van der Waals surface area contributed by atoms with Gasteiger partial charge in [0.1, 0.15) is 6.33 Å². The molecule has 0 saturated heterocycles. The van der Waals surface area contributed by atoms with E-state index in [9.17, 15) is 4.79 Å². The molecule has 19 heavy (non-hydrogen) atoms. The van der Waals surface area contributed by atoms with Crippen LogP contribution in [0.3, 0.4) is 0 Å². The minimum atomic E-state index is -0.0933. The monoisotopic (exact) mass is 260 g/mol. The standard InChI is InChI=1S/C12H16N6O/c1-9(6-7-13)12(19)15-10-2-4-11(5-3-10)18-8-14-16-17-18/h2-5,8-9H,6-7,13H2,1H3,(H,15,19). The van der Waals surface area contributed by atoms with Crippen LogP contribution in [-0.2, 0) is 4.79 Å². The summed E-state index contributed by atoms with van der Waals surface area (Å²) < 4.78 is 1.54. The molecule has 0 bridgehead atoms. The number of nitrogens with one attached hydrogen (secondary N) is 1. The van der Waals surface area contributed by atoms with Crippen LogP contribution in [-0.4, -0.2) is 32.7 Å². The molecule has 3 N–H and O–H groups in total. The highest BCUT2D eigenvalue weighted by Gasteiger charge is 2.11. The van der Waals surface area contributed by atoms with Gasteiger partial charge in [0.2, 0.25) is 5.91 Å². The Kier molecular flexibility index (Phi) is 4.19. The van der Waals surface area contributed by atoms with Crippen molar-refractivity contribution in [3.8, 4) is 5.69 Å². The molecule has 1 atom stereocenters. The summed E-state index contributed by atoms with van der Waals surface area (Å²) in [7, 11) is 0. The van der Waals surface area contributed by atoms with Crippen molar-refractivity contribution in [2.45, 2.75) is 13.3 Å². The molecule has 100 valence electrons. The number of benzene rings is 1. The molecule has 0 saturated carbocycles. The van der Waals surface area contributed by atoms with Gasteiger partial charge in [0, 0.05) is 11.6 Å². The van der Waals surface area contributed by atoms with Crippen molar-refractivity contribution in [1.29, 1.82) is 0 Å². The van der Waals surface area contributed by atoms with Crippen LogP contribution < -0.4 is 11.1 Å². The van der Waals surface area contributed by atoms with Gasteiger partial charge in [0.15, 0.2) is 0 Å². The Morgan fingerprint density at radius 2 is 2.16 bits per heavy atom. The summed E-state index contributed by atoms with van der Waals surface area (Å²) in [5, 5.41) is 13.8. The summed E-state index contributed by atoms with van der Waals surface area (Å²) in [6, 6.07) is 7.29. The number of anilines is 1. The number of aromatic nitrogens is 4. The molecule has 0 fully saturated rings. The maximum Gasteiger partial charge on any atom is 0.227 e. The molecule has 1 amide bonds. The highest BCUT2D eigenvalue weighted by atomic mass is 16.1. The minimum absolute atomic E-state index is 0.0272. The van der Waals surface area contributed by atoms with Crippen LogP contribution in [0.5, 0.6) is 0 Å². The largest absolute Gasteiger partial charge is 0.330 e. The third-order valence-corrected chi connectivity index (χ3v) is 2.80. The second-order valence-corrected chi connectivity index (χ2v) is 4.27. The zero-order valence-electron chi connectivity index (χ0n) is 10.7. The van der Waals surface area contributed by atoms with Gasteiger partial charge in [-0.15, -0.1) is 5.10 Å². The number of nitrogens with zero attached hydrogens (tertiary/aromatic N) is 4. The molecule has 2 aromatic rings. The van der Waals surface area contributed by atoms with E-state index in [0.717, 1.165) is 11.4 Å². The lowest BCUT2D eigenvalue weighted by Gasteiger charge is -2.11. The minimum Gasteiger partial charge on any atom is -0.330 e. The van der Waals surface area contributed by atoms with E-state index in [4.69, 9.17) is 5.73 Å². The molecule has 1 aromatic carbocycles. The number of rotatable bonds is 5. The quantitative estimate of drug-likeness (QED) is 0.819. The van der Waals surface area contributed by atoms with Crippen LogP contribution >= 0.6 is 0 Å². The van der Waals surface area contributed by atoms with Gasteiger partial charge < -0.3 is 11.1 Å². The SMILES string of the molecule is CC(CCN)C(=O)Nc1ccc(-n2cnnn2)cc1. The Morgan fingerprint density at radius 3 is 2.74 bits per heavy atom. The van der Waals surface area contributed by atoms with Crippen molar-refractivity contribution in [2.75, 3.05) is 11.9 Å². The summed E-state index contributed by atoms with van der Waals surface area (Å²) in [6.45, 7) is 2.37. The number of nitrogens with two attached hydrogens (primary N) is 1. The number of carbonyl (C=O) groups excluding carboxylic acids is 1. The van der Waals surface area contributed by atoms with E-state index < -0.39 is 0 Å². The molecule has 0 aliphatic rings. The molecule has 0 spiro atoms. The van der Waals surface area contributed by atoms with Crippen molar-refractivity contribution < 1.29 is 4.79 Å². The molecule has 0 aliphatic heterocycles. The van der Waals surface area contributed by atoms with Gasteiger partial charge in [-0.3, -0.25) is 4.79 Å². The van der Waals surface area contributed by atoms with Crippen LogP contribution in [0.1, 0.15) is 13.3 Å². The fourth-order valence-corrected chi connectivity index (χ4v) is 1.62. The summed E-state index contributed by atoms with van der Waals surface area (Å²) in [5.41, 5.74) is 7.01. The van der Waals surface area contributed by atoms with E-state index in [1.165, 1.54) is 6.33 Å². The molecule has 0 aliphatic carbocycles. The topological polar surface area (TPSA) is 98.7 Å². The summed E-state index contributed by atoms with van der Waals surface area (Å²) in [4.78, 5) is 11.8. The third kappa shape index (κ3) is 3.35. The summed E-state index contributed by atoms with van der Waals surface area (Å²) >= 11 is 0. The lowest BCUT2D eigenvalue weighted by Crippen LogP contribution is -2.22. The van der Waals surface area contributed by atoms with Gasteiger partial charge in [-0.1, -0.05) is 6.92 Å². The smallest absolute Gasteiger partial charge is 0.227 e. The van der Waals surface area contributed by atoms with Crippen LogP contribution in [0, 0.1) is 5.92 Å². The highest BCUT2D eigenvalue weighted by molar-refractivity contribution is 5.92. The molecule has 1 aromatic heterocycles. The lowest BCUT2D eigenvalue weighted by molar-refractivity contribution is -0.119. The Bertz CT molecular complexity index is 522. The van der Waals surface area contributed by atoms with Gasteiger partial charge in [-0.25, -0.2) is 4.68 Å². The van der Waals surface area contributed by atoms with Crippen molar-refractivity contribution >= 4 is 11.6 Å². The van der Waals surface area contributed by atoms with E-state index in [1.807, 2.05) is 31.2 Å². The Balaban J connectivity index is 2.01.